The van der Waals surface area contributed by atoms with Gasteiger partial charge < -0.3 is 10.0 Å². The molecule has 0 aliphatic heterocycles. The Bertz CT molecular complexity index is 440. The minimum atomic E-state index is -0.283. The number of halogens is 1. The lowest BCUT2D eigenvalue weighted by atomic mass is 10.2. The van der Waals surface area contributed by atoms with Gasteiger partial charge in [0.2, 0.25) is 5.91 Å². The van der Waals surface area contributed by atoms with E-state index < -0.39 is 0 Å². The fourth-order valence-corrected chi connectivity index (χ4v) is 2.07. The number of likely N-dealkylation sites (N-methyl/N-ethyl adjacent to an activating group) is 2. The highest BCUT2D eigenvalue weighted by molar-refractivity contribution is 5.77. The van der Waals surface area contributed by atoms with Crippen LogP contribution in [0.5, 0.6) is 0 Å². The molecular weight excluding hydrogens is 271 g/mol. The van der Waals surface area contributed by atoms with E-state index in [1.807, 2.05) is 11.9 Å². The monoisotopic (exact) mass is 296 g/mol. The van der Waals surface area contributed by atoms with E-state index in [1.165, 1.54) is 6.07 Å². The fourth-order valence-electron chi connectivity index (χ4n) is 2.07. The van der Waals surface area contributed by atoms with Gasteiger partial charge in [-0.25, -0.2) is 4.39 Å². The SMILES string of the molecule is CN(CCCCCO)CC(=O)N(C)Cc1ccccc1F. The van der Waals surface area contributed by atoms with Crippen molar-refractivity contribution in [2.75, 3.05) is 33.8 Å². The maximum atomic E-state index is 13.5. The van der Waals surface area contributed by atoms with Crippen LogP contribution >= 0.6 is 0 Å². The number of aliphatic hydroxyl groups is 1. The Morgan fingerprint density at radius 2 is 1.90 bits per heavy atom. The molecule has 0 saturated heterocycles. The highest BCUT2D eigenvalue weighted by Crippen LogP contribution is 2.09. The standard InChI is InChI=1S/C16H25FN2O2/c1-18(10-6-3-7-11-20)13-16(21)19(2)12-14-8-4-5-9-15(14)17/h4-5,8-9,20H,3,6-7,10-13H2,1-2H3. The van der Waals surface area contributed by atoms with Gasteiger partial charge in [0.1, 0.15) is 5.82 Å². The van der Waals surface area contributed by atoms with Crippen molar-refractivity contribution in [3.05, 3.63) is 35.6 Å². The second-order valence-electron chi connectivity index (χ2n) is 5.36. The second kappa shape index (κ2) is 9.47. The molecule has 0 atom stereocenters. The van der Waals surface area contributed by atoms with Gasteiger partial charge in [-0.15, -0.1) is 0 Å². The van der Waals surface area contributed by atoms with E-state index >= 15 is 0 Å². The van der Waals surface area contributed by atoms with Crippen LogP contribution in [0, 0.1) is 5.82 Å². The minimum absolute atomic E-state index is 0.0251. The Hall–Kier alpha value is -1.46. The Morgan fingerprint density at radius 3 is 2.57 bits per heavy atom. The molecule has 0 unspecified atom stereocenters. The third-order valence-electron chi connectivity index (χ3n) is 3.39. The van der Waals surface area contributed by atoms with Gasteiger partial charge in [-0.3, -0.25) is 9.69 Å². The molecule has 21 heavy (non-hydrogen) atoms. The summed E-state index contributed by atoms with van der Waals surface area (Å²) >= 11 is 0. The van der Waals surface area contributed by atoms with Gasteiger partial charge in [0.05, 0.1) is 6.54 Å². The Kier molecular flexibility index (Phi) is 7.93. The summed E-state index contributed by atoms with van der Waals surface area (Å²) in [6, 6.07) is 6.50. The van der Waals surface area contributed by atoms with E-state index in [1.54, 1.807) is 30.1 Å². The molecule has 1 N–H and O–H groups in total. The van der Waals surface area contributed by atoms with Gasteiger partial charge in [0.25, 0.3) is 0 Å². The van der Waals surface area contributed by atoms with Gasteiger partial charge in [-0.05, 0) is 38.9 Å². The molecule has 0 fully saturated rings. The minimum Gasteiger partial charge on any atom is -0.396 e. The molecule has 1 aromatic rings. The van der Waals surface area contributed by atoms with E-state index in [0.717, 1.165) is 25.8 Å². The largest absolute Gasteiger partial charge is 0.396 e. The van der Waals surface area contributed by atoms with Crippen LogP contribution in [-0.4, -0.2) is 54.6 Å². The number of amides is 1. The molecule has 0 aromatic heterocycles. The van der Waals surface area contributed by atoms with Crippen LogP contribution in [0.1, 0.15) is 24.8 Å². The van der Waals surface area contributed by atoms with Crippen molar-refractivity contribution in [2.45, 2.75) is 25.8 Å². The van der Waals surface area contributed by atoms with Crippen molar-refractivity contribution >= 4 is 5.91 Å². The third kappa shape index (κ3) is 6.69. The number of benzene rings is 1. The maximum Gasteiger partial charge on any atom is 0.236 e. The van der Waals surface area contributed by atoms with E-state index in [9.17, 15) is 9.18 Å². The molecule has 0 radical (unpaired) electrons. The summed E-state index contributed by atoms with van der Waals surface area (Å²) in [6.45, 7) is 1.64. The number of aliphatic hydroxyl groups excluding tert-OH is 1. The number of hydrogen-bond donors (Lipinski definition) is 1. The number of hydrogen-bond acceptors (Lipinski definition) is 3. The first-order valence-electron chi connectivity index (χ1n) is 7.31. The van der Waals surface area contributed by atoms with Crippen LogP contribution in [0.4, 0.5) is 4.39 Å². The van der Waals surface area contributed by atoms with Gasteiger partial charge >= 0.3 is 0 Å². The summed E-state index contributed by atoms with van der Waals surface area (Å²) in [7, 11) is 3.59. The molecule has 0 saturated carbocycles. The zero-order chi connectivity index (χ0) is 15.7. The molecule has 0 aliphatic rings. The highest BCUT2D eigenvalue weighted by Gasteiger charge is 2.13. The first kappa shape index (κ1) is 17.6. The maximum absolute atomic E-state index is 13.5. The lowest BCUT2D eigenvalue weighted by Crippen LogP contribution is -2.36. The number of carbonyl (C=O) groups is 1. The van der Waals surface area contributed by atoms with E-state index in [2.05, 4.69) is 0 Å². The molecular formula is C16H25FN2O2. The van der Waals surface area contributed by atoms with Crippen molar-refractivity contribution < 1.29 is 14.3 Å². The van der Waals surface area contributed by atoms with Crippen molar-refractivity contribution in [3.63, 3.8) is 0 Å². The van der Waals surface area contributed by atoms with E-state index in [4.69, 9.17) is 5.11 Å². The van der Waals surface area contributed by atoms with Crippen LogP contribution in [-0.2, 0) is 11.3 Å². The topological polar surface area (TPSA) is 43.8 Å². The zero-order valence-electron chi connectivity index (χ0n) is 12.9. The molecule has 0 bridgehead atoms. The van der Waals surface area contributed by atoms with Gasteiger partial charge in [0, 0.05) is 25.8 Å². The molecule has 5 heteroatoms. The van der Waals surface area contributed by atoms with E-state index in [0.29, 0.717) is 12.1 Å². The van der Waals surface area contributed by atoms with Crippen molar-refractivity contribution in [1.29, 1.82) is 0 Å². The summed E-state index contributed by atoms with van der Waals surface area (Å²) in [5.74, 6) is -0.308. The predicted octanol–water partition coefficient (Wildman–Crippen LogP) is 1.88. The third-order valence-corrected chi connectivity index (χ3v) is 3.39. The average Bonchev–Trinajstić information content (AvgIpc) is 2.46. The Morgan fingerprint density at radius 1 is 1.19 bits per heavy atom. The lowest BCUT2D eigenvalue weighted by Gasteiger charge is -2.22. The predicted molar refractivity (Wildman–Crippen MR) is 81.3 cm³/mol. The molecule has 4 nitrogen and oxygen atoms in total. The highest BCUT2D eigenvalue weighted by atomic mass is 19.1. The first-order valence-corrected chi connectivity index (χ1v) is 7.31. The second-order valence-corrected chi connectivity index (χ2v) is 5.36. The summed E-state index contributed by atoms with van der Waals surface area (Å²) in [6.07, 6.45) is 2.72. The molecule has 1 rings (SSSR count). The normalized spacial score (nSPS) is 10.9. The van der Waals surface area contributed by atoms with Crippen molar-refractivity contribution in [3.8, 4) is 0 Å². The van der Waals surface area contributed by atoms with E-state index in [-0.39, 0.29) is 24.9 Å². The summed E-state index contributed by atoms with van der Waals surface area (Å²) < 4.78 is 13.5. The zero-order valence-corrected chi connectivity index (χ0v) is 12.9. The van der Waals surface area contributed by atoms with Crippen molar-refractivity contribution in [1.82, 2.24) is 9.80 Å². The number of nitrogens with zero attached hydrogens (tertiary/aromatic N) is 2. The van der Waals surface area contributed by atoms with Gasteiger partial charge in [-0.2, -0.15) is 0 Å². The molecule has 0 heterocycles. The van der Waals surface area contributed by atoms with Crippen LogP contribution in [0.2, 0.25) is 0 Å². The average molecular weight is 296 g/mol. The summed E-state index contributed by atoms with van der Waals surface area (Å²) in [4.78, 5) is 15.6. The van der Waals surface area contributed by atoms with Crippen molar-refractivity contribution in [2.24, 2.45) is 0 Å². The molecule has 118 valence electrons. The first-order chi connectivity index (χ1) is 10.0. The number of rotatable bonds is 9. The summed E-state index contributed by atoms with van der Waals surface area (Å²) in [5, 5.41) is 8.71. The van der Waals surface area contributed by atoms with Gasteiger partial charge in [-0.1, -0.05) is 18.2 Å². The quantitative estimate of drug-likeness (QED) is 0.708. The molecule has 1 aromatic carbocycles. The summed E-state index contributed by atoms with van der Waals surface area (Å²) in [5.41, 5.74) is 0.527. The smallest absolute Gasteiger partial charge is 0.236 e. The van der Waals surface area contributed by atoms with Crippen LogP contribution in [0.25, 0.3) is 0 Å². The Labute approximate surface area is 126 Å². The lowest BCUT2D eigenvalue weighted by molar-refractivity contribution is -0.131. The molecule has 1 amide bonds. The fraction of sp³-hybridized carbons (Fsp3) is 0.562. The van der Waals surface area contributed by atoms with Crippen LogP contribution < -0.4 is 0 Å². The molecule has 0 aliphatic carbocycles. The molecule has 0 spiro atoms. The van der Waals surface area contributed by atoms with Gasteiger partial charge in [0.15, 0.2) is 0 Å². The van der Waals surface area contributed by atoms with Crippen LogP contribution in [0.15, 0.2) is 24.3 Å². The Balaban J connectivity index is 2.35. The number of carbonyl (C=O) groups excluding carboxylic acids is 1. The number of unbranched alkanes of at least 4 members (excludes halogenated alkanes) is 2. The van der Waals surface area contributed by atoms with Crippen LogP contribution in [0.3, 0.4) is 0 Å².